The molecule has 0 aliphatic carbocycles. The number of rotatable bonds is 12. The Labute approximate surface area is 147 Å². The second-order valence-corrected chi connectivity index (χ2v) is 23.5. The third-order valence-corrected chi connectivity index (χ3v) is 12.9. The van der Waals surface area contributed by atoms with E-state index in [0.29, 0.717) is 16.8 Å². The molecular formula is C18H38N2O2Sn. The van der Waals surface area contributed by atoms with Crippen LogP contribution >= 0.6 is 0 Å². The second kappa shape index (κ2) is 13.1. The van der Waals surface area contributed by atoms with Gasteiger partial charge in [0, 0.05) is 0 Å². The second-order valence-electron chi connectivity index (χ2n) is 7.63. The van der Waals surface area contributed by atoms with E-state index in [0.717, 1.165) is 0 Å². The molecule has 136 valence electrons. The standard InChI is InChI=1S/C15H29N2O2.3CH3.Sn/c1-3-5-6-7-8-9-10-11-12-13-15(19)17-16-14(18)4-2;;;;/h12H,3-11,13H2,1-2H3,(H,16,18)(H,17,19);3*1H3;. The third-order valence-electron chi connectivity index (χ3n) is 4.48. The summed E-state index contributed by atoms with van der Waals surface area (Å²) < 4.78 is 0.554. The summed E-state index contributed by atoms with van der Waals surface area (Å²) in [5.41, 5.74) is 5.03. The first-order valence-corrected chi connectivity index (χ1v) is 19.6. The molecular weight excluding hydrogens is 395 g/mol. The number of hydrazine groups is 1. The van der Waals surface area contributed by atoms with Crippen molar-refractivity contribution >= 4 is 30.2 Å². The van der Waals surface area contributed by atoms with Crippen LogP contribution < -0.4 is 10.9 Å². The summed E-state index contributed by atoms with van der Waals surface area (Å²) in [4.78, 5) is 30.4. The van der Waals surface area contributed by atoms with E-state index in [1.165, 1.54) is 51.4 Å². The molecule has 2 amide bonds. The molecule has 0 aromatic carbocycles. The van der Waals surface area contributed by atoms with Crippen LogP contribution in [0.4, 0.5) is 0 Å². The van der Waals surface area contributed by atoms with Crippen LogP contribution in [0.3, 0.4) is 0 Å². The van der Waals surface area contributed by atoms with E-state index < -0.39 is 18.4 Å². The van der Waals surface area contributed by atoms with Crippen LogP contribution in [-0.4, -0.2) is 30.2 Å². The molecule has 0 bridgehead atoms. The van der Waals surface area contributed by atoms with E-state index in [1.807, 2.05) is 0 Å². The average molecular weight is 433 g/mol. The quantitative estimate of drug-likeness (QED) is 0.264. The Morgan fingerprint density at radius 3 is 1.87 bits per heavy atom. The van der Waals surface area contributed by atoms with Crippen LogP contribution in [0.15, 0.2) is 0 Å². The number of unbranched alkanes of at least 4 members (excludes halogenated alkanes) is 6. The number of carbonyl (C=O) groups excluding carboxylic acids is 2. The molecule has 0 aliphatic rings. The first kappa shape index (κ1) is 22.7. The summed E-state index contributed by atoms with van der Waals surface area (Å²) in [6, 6.07) is 0. The van der Waals surface area contributed by atoms with Crippen molar-refractivity contribution in [3.8, 4) is 0 Å². The van der Waals surface area contributed by atoms with Gasteiger partial charge in [-0.25, -0.2) is 0 Å². The third kappa shape index (κ3) is 12.8. The summed E-state index contributed by atoms with van der Waals surface area (Å²) in [7, 11) is 0. The number of hydrogen-bond donors (Lipinski definition) is 2. The fourth-order valence-electron chi connectivity index (χ4n) is 2.69. The molecule has 0 aromatic rings. The Hall–Kier alpha value is -0.261. The Balaban J connectivity index is 4.08. The maximum absolute atomic E-state index is 12.0. The first-order chi connectivity index (χ1) is 10.8. The Kier molecular flexibility index (Phi) is 12.9. The van der Waals surface area contributed by atoms with Crippen molar-refractivity contribution in [1.82, 2.24) is 10.9 Å². The SMILES string of the molecule is CCCCCCCCC[CH](CC(=O)NNC(=O)CC)[Sn]([CH3])([CH3])[CH3]. The zero-order valence-corrected chi connectivity index (χ0v) is 18.8. The Morgan fingerprint density at radius 2 is 1.35 bits per heavy atom. The van der Waals surface area contributed by atoms with Crippen molar-refractivity contribution in [3.05, 3.63) is 0 Å². The zero-order chi connectivity index (χ0) is 17.7. The van der Waals surface area contributed by atoms with Crippen molar-refractivity contribution in [2.24, 2.45) is 0 Å². The van der Waals surface area contributed by atoms with Gasteiger partial charge in [0.25, 0.3) is 0 Å². The minimum absolute atomic E-state index is 0.0358. The molecule has 0 fully saturated rings. The van der Waals surface area contributed by atoms with Crippen LogP contribution in [0.25, 0.3) is 0 Å². The van der Waals surface area contributed by atoms with Gasteiger partial charge in [-0.15, -0.1) is 0 Å². The summed E-state index contributed by atoms with van der Waals surface area (Å²) in [6.45, 7) is 4.02. The van der Waals surface area contributed by atoms with Gasteiger partial charge < -0.3 is 0 Å². The summed E-state index contributed by atoms with van der Waals surface area (Å²) in [6.07, 6.45) is 11.3. The molecule has 0 aliphatic heterocycles. The van der Waals surface area contributed by atoms with Gasteiger partial charge in [-0.2, -0.15) is 0 Å². The molecule has 0 saturated heterocycles. The van der Waals surface area contributed by atoms with Crippen LogP contribution in [0.5, 0.6) is 0 Å². The van der Waals surface area contributed by atoms with Gasteiger partial charge in [-0.3, -0.25) is 0 Å². The van der Waals surface area contributed by atoms with Crippen molar-refractivity contribution in [1.29, 1.82) is 0 Å². The van der Waals surface area contributed by atoms with E-state index in [4.69, 9.17) is 0 Å². The summed E-state index contributed by atoms with van der Waals surface area (Å²) >= 11 is -2.12. The molecule has 0 saturated carbocycles. The average Bonchev–Trinajstić information content (AvgIpc) is 2.49. The molecule has 1 unspecified atom stereocenters. The fourth-order valence-corrected chi connectivity index (χ4v) is 8.02. The van der Waals surface area contributed by atoms with E-state index in [2.05, 4.69) is 32.6 Å². The van der Waals surface area contributed by atoms with E-state index >= 15 is 0 Å². The molecule has 5 heteroatoms. The van der Waals surface area contributed by atoms with Gasteiger partial charge in [0.1, 0.15) is 0 Å². The molecule has 0 radical (unpaired) electrons. The van der Waals surface area contributed by atoms with Crippen molar-refractivity contribution in [2.75, 3.05) is 0 Å². The van der Waals surface area contributed by atoms with Gasteiger partial charge in [-0.05, 0) is 0 Å². The summed E-state index contributed by atoms with van der Waals surface area (Å²) in [5.74, 6) is -0.173. The Bertz CT molecular complexity index is 340. The number of nitrogens with one attached hydrogen (secondary N) is 2. The Morgan fingerprint density at radius 1 is 0.826 bits per heavy atom. The molecule has 0 rings (SSSR count). The number of carbonyl (C=O) groups is 2. The van der Waals surface area contributed by atoms with Crippen molar-refractivity contribution < 1.29 is 9.59 Å². The predicted molar refractivity (Wildman–Crippen MR) is 101 cm³/mol. The predicted octanol–water partition coefficient (Wildman–Crippen LogP) is 4.78. The van der Waals surface area contributed by atoms with Gasteiger partial charge in [0.05, 0.1) is 0 Å². The van der Waals surface area contributed by atoms with Gasteiger partial charge in [0.2, 0.25) is 0 Å². The van der Waals surface area contributed by atoms with Gasteiger partial charge in [0.15, 0.2) is 0 Å². The van der Waals surface area contributed by atoms with Gasteiger partial charge >= 0.3 is 147 Å². The topological polar surface area (TPSA) is 58.2 Å². The van der Waals surface area contributed by atoms with Gasteiger partial charge in [-0.1, -0.05) is 0 Å². The maximum atomic E-state index is 12.0. The molecule has 2 N–H and O–H groups in total. The van der Waals surface area contributed by atoms with Crippen LogP contribution in [0.2, 0.25) is 18.8 Å². The fraction of sp³-hybridized carbons (Fsp3) is 0.889. The van der Waals surface area contributed by atoms with E-state index in [9.17, 15) is 9.59 Å². The number of amides is 2. The molecule has 4 nitrogen and oxygen atoms in total. The molecule has 0 spiro atoms. The normalized spacial score (nSPS) is 12.7. The first-order valence-electron chi connectivity index (χ1n) is 9.38. The van der Waals surface area contributed by atoms with E-state index in [1.54, 1.807) is 6.92 Å². The summed E-state index contributed by atoms with van der Waals surface area (Å²) in [5, 5.41) is 0. The minimum atomic E-state index is -2.12. The molecule has 0 heterocycles. The molecule has 1 atom stereocenters. The van der Waals surface area contributed by atoms with Crippen LogP contribution in [-0.2, 0) is 9.59 Å². The molecule has 23 heavy (non-hydrogen) atoms. The number of hydrogen-bond acceptors (Lipinski definition) is 2. The van der Waals surface area contributed by atoms with Crippen LogP contribution in [0, 0.1) is 0 Å². The van der Waals surface area contributed by atoms with Crippen molar-refractivity contribution in [2.45, 2.75) is 96.8 Å². The monoisotopic (exact) mass is 434 g/mol. The molecule has 0 aromatic heterocycles. The van der Waals surface area contributed by atoms with Crippen molar-refractivity contribution in [3.63, 3.8) is 0 Å². The van der Waals surface area contributed by atoms with Crippen LogP contribution in [0.1, 0.15) is 78.1 Å². The van der Waals surface area contributed by atoms with E-state index in [-0.39, 0.29) is 11.8 Å². The zero-order valence-electron chi connectivity index (χ0n) is 16.0.